The molecule has 15 heavy (non-hydrogen) atoms. The van der Waals surface area contributed by atoms with Crippen LogP contribution in [-0.4, -0.2) is 36.8 Å². The largest absolute Gasteiger partial charge is 0.320 e. The fourth-order valence-corrected chi connectivity index (χ4v) is 1.99. The van der Waals surface area contributed by atoms with Crippen LogP contribution in [0.4, 0.5) is 0 Å². The zero-order valence-corrected chi connectivity index (χ0v) is 9.75. The summed E-state index contributed by atoms with van der Waals surface area (Å²) in [5.41, 5.74) is 1.13. The van der Waals surface area contributed by atoms with Crippen LogP contribution in [-0.2, 0) is 0 Å². The summed E-state index contributed by atoms with van der Waals surface area (Å²) < 4.78 is 0. The third-order valence-electron chi connectivity index (χ3n) is 2.56. The Labute approximate surface area is 94.7 Å². The van der Waals surface area contributed by atoms with E-state index in [1.54, 1.807) is 0 Å². The Kier molecular flexibility index (Phi) is 2.95. The van der Waals surface area contributed by atoms with Gasteiger partial charge in [0.05, 0.1) is 0 Å². The Morgan fingerprint density at radius 1 is 1.73 bits per heavy atom. The van der Waals surface area contributed by atoms with E-state index in [1.807, 2.05) is 18.2 Å². The molecule has 0 aliphatic carbocycles. The molecule has 0 fully saturated rings. The first-order valence-corrected chi connectivity index (χ1v) is 5.56. The number of nitrogens with one attached hydrogen (secondary N) is 1. The van der Waals surface area contributed by atoms with Gasteiger partial charge in [0.1, 0.15) is 11.3 Å². The van der Waals surface area contributed by atoms with Crippen molar-refractivity contribution in [1.29, 1.82) is 0 Å². The number of aliphatic imine (C=N–C) groups is 2. The normalized spacial score (nSPS) is 27.3. The van der Waals surface area contributed by atoms with Gasteiger partial charge in [-0.3, -0.25) is 9.98 Å². The molecule has 2 rings (SSSR count). The highest BCUT2D eigenvalue weighted by Crippen LogP contribution is 2.27. The minimum absolute atomic E-state index is 0.0503. The van der Waals surface area contributed by atoms with Gasteiger partial charge in [-0.25, -0.2) is 0 Å². The molecule has 2 aliphatic rings. The van der Waals surface area contributed by atoms with Gasteiger partial charge in [0.25, 0.3) is 0 Å². The van der Waals surface area contributed by atoms with E-state index in [2.05, 4.69) is 22.2 Å². The third kappa shape index (κ3) is 1.86. The van der Waals surface area contributed by atoms with Crippen molar-refractivity contribution in [3.63, 3.8) is 0 Å². The lowest BCUT2D eigenvalue weighted by atomic mass is 10.1. The molecule has 2 heterocycles. The van der Waals surface area contributed by atoms with E-state index in [0.29, 0.717) is 5.16 Å². The van der Waals surface area contributed by atoms with Crippen LogP contribution in [0.3, 0.4) is 0 Å². The van der Waals surface area contributed by atoms with Crippen LogP contribution >= 0.6 is 11.6 Å². The lowest BCUT2D eigenvalue weighted by molar-refractivity contribution is 0.401. The molecule has 1 N–H and O–H groups in total. The Balaban J connectivity index is 2.23. The van der Waals surface area contributed by atoms with Gasteiger partial charge in [-0.1, -0.05) is 18.5 Å². The maximum absolute atomic E-state index is 6.14. The first kappa shape index (κ1) is 10.5. The molecule has 1 atom stereocenters. The van der Waals surface area contributed by atoms with E-state index in [4.69, 9.17) is 11.6 Å². The van der Waals surface area contributed by atoms with Gasteiger partial charge in [-0.15, -0.1) is 0 Å². The highest BCUT2D eigenvalue weighted by atomic mass is 35.5. The van der Waals surface area contributed by atoms with Crippen LogP contribution in [0.1, 0.15) is 19.8 Å². The topological polar surface area (TPSA) is 40.0 Å². The number of halogens is 1. The minimum atomic E-state index is 0.0503. The predicted molar refractivity (Wildman–Crippen MR) is 63.3 cm³/mol. The molecule has 0 amide bonds. The Bertz CT molecular complexity index is 345. The summed E-state index contributed by atoms with van der Waals surface area (Å²) in [4.78, 5) is 10.8. The van der Waals surface area contributed by atoms with Crippen molar-refractivity contribution in [1.82, 2.24) is 10.2 Å². The average Bonchev–Trinajstić information content (AvgIpc) is 2.70. The standard InChI is InChI=1S/C10H15ClN4/c1-3-5-13-10-14-8(11)7-4-6-12-9(7)15(10)2/h6,9H,3-5H2,1-2H3,(H,13,14). The fourth-order valence-electron chi connectivity index (χ4n) is 1.73. The summed E-state index contributed by atoms with van der Waals surface area (Å²) >= 11 is 6.14. The molecule has 0 bridgehead atoms. The second kappa shape index (κ2) is 4.23. The number of likely N-dealkylation sites (N-methyl/N-ethyl adjacent to an activating group) is 1. The summed E-state index contributed by atoms with van der Waals surface area (Å²) in [6.07, 6.45) is 3.82. The summed E-state index contributed by atoms with van der Waals surface area (Å²) in [5, 5.41) is 3.80. The van der Waals surface area contributed by atoms with Gasteiger partial charge in [-0.05, 0) is 6.42 Å². The average molecular weight is 227 g/mol. The molecule has 0 saturated carbocycles. The molecule has 0 aromatic heterocycles. The van der Waals surface area contributed by atoms with Gasteiger partial charge in [0.15, 0.2) is 0 Å². The van der Waals surface area contributed by atoms with Gasteiger partial charge in [0, 0.05) is 31.8 Å². The van der Waals surface area contributed by atoms with Crippen LogP contribution < -0.4 is 5.32 Å². The molecule has 0 aromatic rings. The van der Waals surface area contributed by atoms with Crippen LogP contribution in [0.25, 0.3) is 0 Å². The number of hydrogen-bond donors (Lipinski definition) is 1. The molecule has 82 valence electrons. The number of rotatable bonds is 2. The van der Waals surface area contributed by atoms with Crippen molar-refractivity contribution < 1.29 is 0 Å². The van der Waals surface area contributed by atoms with E-state index in [9.17, 15) is 0 Å². The van der Waals surface area contributed by atoms with Crippen molar-refractivity contribution in [3.05, 3.63) is 10.7 Å². The van der Waals surface area contributed by atoms with Gasteiger partial charge in [0.2, 0.25) is 5.96 Å². The zero-order chi connectivity index (χ0) is 10.8. The lowest BCUT2D eigenvalue weighted by Crippen LogP contribution is -2.48. The van der Waals surface area contributed by atoms with Crippen molar-refractivity contribution in [2.24, 2.45) is 9.98 Å². The molecular weight excluding hydrogens is 212 g/mol. The van der Waals surface area contributed by atoms with Crippen LogP contribution in [0.15, 0.2) is 20.7 Å². The molecule has 0 aromatic carbocycles. The maximum atomic E-state index is 6.14. The highest BCUT2D eigenvalue weighted by molar-refractivity contribution is 6.31. The molecule has 0 saturated heterocycles. The minimum Gasteiger partial charge on any atom is -0.320 e. The summed E-state index contributed by atoms with van der Waals surface area (Å²) in [7, 11) is 1.98. The van der Waals surface area contributed by atoms with Gasteiger partial charge < -0.3 is 10.2 Å². The van der Waals surface area contributed by atoms with Crippen molar-refractivity contribution in [2.45, 2.75) is 25.9 Å². The van der Waals surface area contributed by atoms with E-state index in [0.717, 1.165) is 30.9 Å². The van der Waals surface area contributed by atoms with E-state index < -0.39 is 0 Å². The quantitative estimate of drug-likeness (QED) is 0.726. The molecule has 4 nitrogen and oxygen atoms in total. The van der Waals surface area contributed by atoms with Crippen LogP contribution in [0.5, 0.6) is 0 Å². The second-order valence-electron chi connectivity index (χ2n) is 3.69. The van der Waals surface area contributed by atoms with E-state index >= 15 is 0 Å². The SMILES string of the molecule is CCCN=C1NC(Cl)=C2CC=NC2N1C. The summed E-state index contributed by atoms with van der Waals surface area (Å²) in [5.74, 6) is 0.814. The van der Waals surface area contributed by atoms with Crippen LogP contribution in [0, 0.1) is 0 Å². The highest BCUT2D eigenvalue weighted by Gasteiger charge is 2.31. The molecule has 5 heteroatoms. The maximum Gasteiger partial charge on any atom is 0.200 e. The predicted octanol–water partition coefficient (Wildman–Crippen LogP) is 1.54. The Hall–Kier alpha value is -1.03. The third-order valence-corrected chi connectivity index (χ3v) is 2.90. The van der Waals surface area contributed by atoms with Gasteiger partial charge in [-0.2, -0.15) is 0 Å². The van der Waals surface area contributed by atoms with E-state index in [1.165, 1.54) is 0 Å². The number of hydrogen-bond acceptors (Lipinski definition) is 2. The van der Waals surface area contributed by atoms with Crippen molar-refractivity contribution >= 4 is 23.8 Å². The molecule has 0 spiro atoms. The molecule has 2 aliphatic heterocycles. The molecule has 0 radical (unpaired) electrons. The van der Waals surface area contributed by atoms with Crippen molar-refractivity contribution in [3.8, 4) is 0 Å². The molecular formula is C10H15ClN4. The van der Waals surface area contributed by atoms with E-state index in [-0.39, 0.29) is 6.17 Å². The number of nitrogens with zero attached hydrogens (tertiary/aromatic N) is 3. The van der Waals surface area contributed by atoms with Crippen LogP contribution in [0.2, 0.25) is 0 Å². The first-order valence-electron chi connectivity index (χ1n) is 5.18. The summed E-state index contributed by atoms with van der Waals surface area (Å²) in [6, 6.07) is 0. The second-order valence-corrected chi connectivity index (χ2v) is 4.07. The number of guanidine groups is 1. The van der Waals surface area contributed by atoms with Gasteiger partial charge >= 0.3 is 0 Å². The lowest BCUT2D eigenvalue weighted by Gasteiger charge is -2.32. The fraction of sp³-hybridized carbons (Fsp3) is 0.600. The smallest absolute Gasteiger partial charge is 0.200 e. The van der Waals surface area contributed by atoms with Crippen molar-refractivity contribution in [2.75, 3.05) is 13.6 Å². The Morgan fingerprint density at radius 3 is 3.27 bits per heavy atom. The Morgan fingerprint density at radius 2 is 2.53 bits per heavy atom. The number of fused-ring (bicyclic) bond motifs is 1. The summed E-state index contributed by atoms with van der Waals surface area (Å²) in [6.45, 7) is 2.91. The first-order chi connectivity index (χ1) is 7.24. The molecule has 1 unspecified atom stereocenters. The zero-order valence-electron chi connectivity index (χ0n) is 9.00. The monoisotopic (exact) mass is 226 g/mol.